The summed E-state index contributed by atoms with van der Waals surface area (Å²) in [5, 5.41) is 10.5. The molecule has 0 saturated heterocycles. The number of rotatable bonds is 6. The molecule has 0 bridgehead atoms. The summed E-state index contributed by atoms with van der Waals surface area (Å²) in [6.45, 7) is 2.55. The highest BCUT2D eigenvalue weighted by molar-refractivity contribution is 5.36. The monoisotopic (exact) mass is 291 g/mol. The van der Waals surface area contributed by atoms with Crippen LogP contribution in [-0.2, 0) is 6.61 Å². The first kappa shape index (κ1) is 14.8. The molecule has 21 heavy (non-hydrogen) atoms. The molecule has 0 radical (unpaired) electrons. The third kappa shape index (κ3) is 3.92. The van der Waals surface area contributed by atoms with E-state index in [1.54, 1.807) is 18.2 Å². The first-order valence-electron chi connectivity index (χ1n) is 6.38. The molecular formula is C15H14FNO4. The summed E-state index contributed by atoms with van der Waals surface area (Å²) in [4.78, 5) is 9.77. The lowest BCUT2D eigenvalue weighted by Crippen LogP contribution is -1.99. The zero-order chi connectivity index (χ0) is 15.2. The van der Waals surface area contributed by atoms with Gasteiger partial charge in [-0.05, 0) is 36.8 Å². The van der Waals surface area contributed by atoms with Crippen LogP contribution in [0.4, 0.5) is 10.1 Å². The van der Waals surface area contributed by atoms with Crippen LogP contribution in [0.1, 0.15) is 12.5 Å². The molecule has 0 N–H and O–H groups in total. The third-order valence-corrected chi connectivity index (χ3v) is 2.73. The maximum Gasteiger partial charge on any atom is 0.304 e. The van der Waals surface area contributed by atoms with Crippen LogP contribution in [-0.4, -0.2) is 11.5 Å². The molecule has 0 atom stereocenters. The van der Waals surface area contributed by atoms with E-state index >= 15 is 0 Å². The Balaban J connectivity index is 2.04. The molecule has 0 heterocycles. The number of nitrogens with zero attached hydrogens (tertiary/aromatic N) is 1. The fourth-order valence-electron chi connectivity index (χ4n) is 1.78. The first-order chi connectivity index (χ1) is 10.1. The predicted octanol–water partition coefficient (Wildman–Crippen LogP) is 3.71. The van der Waals surface area contributed by atoms with E-state index in [9.17, 15) is 14.5 Å². The predicted molar refractivity (Wildman–Crippen MR) is 75.0 cm³/mol. The zero-order valence-corrected chi connectivity index (χ0v) is 11.4. The van der Waals surface area contributed by atoms with Gasteiger partial charge < -0.3 is 9.47 Å². The van der Waals surface area contributed by atoms with Gasteiger partial charge in [-0.2, -0.15) is 4.39 Å². The Kier molecular flexibility index (Phi) is 4.71. The summed E-state index contributed by atoms with van der Waals surface area (Å²) in [6.07, 6.45) is 0. The summed E-state index contributed by atoms with van der Waals surface area (Å²) < 4.78 is 24.3. The molecule has 6 heteroatoms. The smallest absolute Gasteiger partial charge is 0.304 e. The fraction of sp³-hybridized carbons (Fsp3) is 0.200. The maximum atomic E-state index is 13.5. The number of hydrogen-bond acceptors (Lipinski definition) is 4. The second kappa shape index (κ2) is 6.69. The van der Waals surface area contributed by atoms with Crippen molar-refractivity contribution >= 4 is 5.69 Å². The Morgan fingerprint density at radius 3 is 2.48 bits per heavy atom. The highest BCUT2D eigenvalue weighted by atomic mass is 19.1. The average molecular weight is 291 g/mol. The summed E-state index contributed by atoms with van der Waals surface area (Å²) >= 11 is 0. The van der Waals surface area contributed by atoms with E-state index < -0.39 is 16.4 Å². The van der Waals surface area contributed by atoms with Crippen LogP contribution < -0.4 is 9.47 Å². The van der Waals surface area contributed by atoms with Crippen molar-refractivity contribution in [1.29, 1.82) is 0 Å². The van der Waals surface area contributed by atoms with Gasteiger partial charge in [-0.25, -0.2) is 0 Å². The minimum absolute atomic E-state index is 0.116. The van der Waals surface area contributed by atoms with E-state index in [4.69, 9.17) is 9.47 Å². The van der Waals surface area contributed by atoms with Gasteiger partial charge in [0.25, 0.3) is 0 Å². The summed E-state index contributed by atoms with van der Waals surface area (Å²) in [6, 6.07) is 10.8. The Morgan fingerprint density at radius 1 is 1.14 bits per heavy atom. The number of ether oxygens (including phenoxy) is 2. The molecule has 0 unspecified atom stereocenters. The molecule has 2 rings (SSSR count). The molecule has 0 fully saturated rings. The Hall–Kier alpha value is -2.63. The maximum absolute atomic E-state index is 13.5. The van der Waals surface area contributed by atoms with Crippen LogP contribution in [0.25, 0.3) is 0 Å². The molecular weight excluding hydrogens is 277 g/mol. The zero-order valence-electron chi connectivity index (χ0n) is 11.4. The molecule has 0 aromatic heterocycles. The third-order valence-electron chi connectivity index (χ3n) is 2.73. The van der Waals surface area contributed by atoms with Gasteiger partial charge in [0, 0.05) is 12.1 Å². The van der Waals surface area contributed by atoms with Crippen molar-refractivity contribution in [3.05, 3.63) is 64.0 Å². The average Bonchev–Trinajstić information content (AvgIpc) is 2.45. The van der Waals surface area contributed by atoms with Crippen molar-refractivity contribution in [2.24, 2.45) is 0 Å². The Bertz CT molecular complexity index is 645. The van der Waals surface area contributed by atoms with Gasteiger partial charge in [0.1, 0.15) is 18.1 Å². The van der Waals surface area contributed by atoms with E-state index in [2.05, 4.69) is 0 Å². The van der Waals surface area contributed by atoms with Crippen LogP contribution in [0.2, 0.25) is 0 Å². The quantitative estimate of drug-likeness (QED) is 0.601. The number of nitro benzene ring substituents is 1. The molecule has 0 aliphatic heterocycles. The second-order valence-corrected chi connectivity index (χ2v) is 4.24. The van der Waals surface area contributed by atoms with Gasteiger partial charge in [-0.1, -0.05) is 6.07 Å². The van der Waals surface area contributed by atoms with Crippen molar-refractivity contribution in [1.82, 2.24) is 0 Å². The minimum Gasteiger partial charge on any atom is -0.494 e. The number of hydrogen-bond donors (Lipinski definition) is 0. The highest BCUT2D eigenvalue weighted by Crippen LogP contribution is 2.22. The van der Waals surface area contributed by atoms with Crippen molar-refractivity contribution < 1.29 is 18.8 Å². The Morgan fingerprint density at radius 2 is 1.86 bits per heavy atom. The van der Waals surface area contributed by atoms with Gasteiger partial charge in [0.2, 0.25) is 5.82 Å². The van der Waals surface area contributed by atoms with Crippen molar-refractivity contribution in [3.8, 4) is 11.5 Å². The minimum atomic E-state index is -0.871. The lowest BCUT2D eigenvalue weighted by atomic mass is 10.2. The molecule has 0 spiro atoms. The molecule has 5 nitrogen and oxygen atoms in total. The second-order valence-electron chi connectivity index (χ2n) is 4.24. The number of halogens is 1. The van der Waals surface area contributed by atoms with Crippen molar-refractivity contribution in [2.45, 2.75) is 13.5 Å². The molecule has 0 aliphatic rings. The van der Waals surface area contributed by atoms with Crippen LogP contribution in [0.5, 0.6) is 11.5 Å². The van der Waals surface area contributed by atoms with Crippen molar-refractivity contribution in [3.63, 3.8) is 0 Å². The van der Waals surface area contributed by atoms with Gasteiger partial charge in [0.15, 0.2) is 0 Å². The van der Waals surface area contributed by atoms with Crippen LogP contribution in [0, 0.1) is 15.9 Å². The topological polar surface area (TPSA) is 61.6 Å². The summed E-state index contributed by atoms with van der Waals surface area (Å²) in [7, 11) is 0. The molecule has 2 aromatic rings. The lowest BCUT2D eigenvalue weighted by molar-refractivity contribution is -0.387. The van der Waals surface area contributed by atoms with E-state index in [0.29, 0.717) is 23.7 Å². The normalized spacial score (nSPS) is 10.2. The molecule has 2 aromatic carbocycles. The highest BCUT2D eigenvalue weighted by Gasteiger charge is 2.13. The van der Waals surface area contributed by atoms with Crippen LogP contribution in [0.15, 0.2) is 42.5 Å². The fourth-order valence-corrected chi connectivity index (χ4v) is 1.78. The van der Waals surface area contributed by atoms with Crippen molar-refractivity contribution in [2.75, 3.05) is 6.61 Å². The van der Waals surface area contributed by atoms with Gasteiger partial charge in [0.05, 0.1) is 11.5 Å². The number of benzene rings is 2. The van der Waals surface area contributed by atoms with Crippen LogP contribution in [0.3, 0.4) is 0 Å². The summed E-state index contributed by atoms with van der Waals surface area (Å²) in [5.41, 5.74) is -0.0305. The first-order valence-corrected chi connectivity index (χ1v) is 6.38. The van der Waals surface area contributed by atoms with Crippen LogP contribution >= 0.6 is 0 Å². The van der Waals surface area contributed by atoms with Gasteiger partial charge in [-0.3, -0.25) is 10.1 Å². The van der Waals surface area contributed by atoms with E-state index in [1.807, 2.05) is 13.0 Å². The van der Waals surface area contributed by atoms with E-state index in [1.165, 1.54) is 6.07 Å². The van der Waals surface area contributed by atoms with Gasteiger partial charge >= 0.3 is 5.69 Å². The number of nitro groups is 1. The van der Waals surface area contributed by atoms with E-state index in [-0.39, 0.29) is 6.61 Å². The molecule has 110 valence electrons. The SMILES string of the molecule is CCOc1cccc(OCc2ccc([N+](=O)[O-])c(F)c2)c1. The summed E-state index contributed by atoms with van der Waals surface area (Å²) in [5.74, 6) is 0.397. The lowest BCUT2D eigenvalue weighted by Gasteiger charge is -2.08. The molecule has 0 amide bonds. The molecule has 0 saturated carbocycles. The van der Waals surface area contributed by atoms with E-state index in [0.717, 1.165) is 12.1 Å². The Labute approximate surface area is 121 Å². The largest absolute Gasteiger partial charge is 0.494 e. The molecule has 0 aliphatic carbocycles. The van der Waals surface area contributed by atoms with Gasteiger partial charge in [-0.15, -0.1) is 0 Å². The standard InChI is InChI=1S/C15H14FNO4/c1-2-20-12-4-3-5-13(9-12)21-10-11-6-7-15(17(18)19)14(16)8-11/h3-9H,2,10H2,1H3.